The minimum Gasteiger partial charge on any atom is -0.480 e. The Morgan fingerprint density at radius 3 is 2.52 bits per heavy atom. The maximum Gasteiger partial charge on any atom is 0.434 e. The number of aliphatic carboxylic acids is 1. The van der Waals surface area contributed by atoms with Gasteiger partial charge in [-0.2, -0.15) is 13.2 Å². The molecule has 0 unspecified atom stereocenters. The maximum atomic E-state index is 14.2. The highest BCUT2D eigenvalue weighted by Gasteiger charge is 2.44. The molecule has 1 aliphatic carbocycles. The summed E-state index contributed by atoms with van der Waals surface area (Å²) in [5.41, 5.74) is 1.51. The number of aromatic nitrogens is 2. The first kappa shape index (κ1) is 29.8. The Morgan fingerprint density at radius 1 is 1.02 bits per heavy atom. The van der Waals surface area contributed by atoms with Crippen molar-refractivity contribution in [2.45, 2.75) is 63.2 Å². The van der Waals surface area contributed by atoms with Crippen molar-refractivity contribution >= 4 is 29.1 Å². The fourth-order valence-corrected chi connectivity index (χ4v) is 6.52. The number of amides is 1. The van der Waals surface area contributed by atoms with Crippen LogP contribution < -0.4 is 10.2 Å². The first-order valence-corrected chi connectivity index (χ1v) is 15.0. The largest absolute Gasteiger partial charge is 0.480 e. The summed E-state index contributed by atoms with van der Waals surface area (Å²) >= 11 is 0. The number of hydrogen-bond acceptors (Lipinski definition) is 6. The molecular weight excluding hydrogens is 571 g/mol. The highest BCUT2D eigenvalue weighted by Crippen LogP contribution is 2.38. The standard InChI is InChI=1S/C33H34F3N5O3/c34-33(35,36)28-26(29(42)39-32(30(43)44)14-5-2-6-15-32)19-37-31(38-28)41-17-13-24-18-23(11-12-27(24)41)25-10-7-16-40(21-25)20-22-8-3-1-4-9-22/h1,3-4,8-12,18-19H,2,5-7,13-17,20-21H2,(H,39,42)(H,43,44). The van der Waals surface area contributed by atoms with E-state index in [2.05, 4.69) is 44.5 Å². The normalized spacial score (nSPS) is 18.4. The zero-order valence-corrected chi connectivity index (χ0v) is 24.2. The van der Waals surface area contributed by atoms with E-state index in [0.717, 1.165) is 55.5 Å². The second kappa shape index (κ2) is 12.0. The van der Waals surface area contributed by atoms with E-state index in [4.69, 9.17) is 0 Å². The molecule has 6 rings (SSSR count). The molecule has 44 heavy (non-hydrogen) atoms. The van der Waals surface area contributed by atoms with Gasteiger partial charge < -0.3 is 15.3 Å². The lowest BCUT2D eigenvalue weighted by atomic mass is 9.81. The fraction of sp³-hybridized carbons (Fsp3) is 0.394. The van der Waals surface area contributed by atoms with Gasteiger partial charge in [0.2, 0.25) is 5.95 Å². The Balaban J connectivity index is 1.22. The Morgan fingerprint density at radius 2 is 1.80 bits per heavy atom. The van der Waals surface area contributed by atoms with Gasteiger partial charge in [-0.15, -0.1) is 0 Å². The van der Waals surface area contributed by atoms with E-state index in [0.29, 0.717) is 25.8 Å². The van der Waals surface area contributed by atoms with Crippen LogP contribution in [-0.4, -0.2) is 57.0 Å². The van der Waals surface area contributed by atoms with E-state index in [-0.39, 0.29) is 18.8 Å². The number of carboxylic acid groups (broad SMARTS) is 1. The fourth-order valence-electron chi connectivity index (χ4n) is 6.52. The zero-order valence-electron chi connectivity index (χ0n) is 24.2. The molecule has 2 aliphatic heterocycles. The summed E-state index contributed by atoms with van der Waals surface area (Å²) in [4.78, 5) is 37.1. The first-order chi connectivity index (χ1) is 21.1. The molecule has 3 heterocycles. The summed E-state index contributed by atoms with van der Waals surface area (Å²) < 4.78 is 42.7. The average molecular weight is 606 g/mol. The third-order valence-electron chi connectivity index (χ3n) is 8.82. The van der Waals surface area contributed by atoms with Gasteiger partial charge in [0, 0.05) is 38.1 Å². The van der Waals surface area contributed by atoms with Gasteiger partial charge in [0.25, 0.3) is 5.91 Å². The van der Waals surface area contributed by atoms with Crippen molar-refractivity contribution in [2.75, 3.05) is 24.5 Å². The van der Waals surface area contributed by atoms with Crippen LogP contribution >= 0.6 is 0 Å². The third-order valence-corrected chi connectivity index (χ3v) is 8.82. The Labute approximate surface area is 253 Å². The average Bonchev–Trinajstić information content (AvgIpc) is 3.45. The number of carboxylic acids is 1. The van der Waals surface area contributed by atoms with Crippen LogP contribution in [0.25, 0.3) is 5.57 Å². The number of hydrogen-bond donors (Lipinski definition) is 2. The van der Waals surface area contributed by atoms with Crippen LogP contribution in [0.3, 0.4) is 0 Å². The molecular formula is C33H34F3N5O3. The highest BCUT2D eigenvalue weighted by molar-refractivity contribution is 5.98. The number of alkyl halides is 3. The number of carbonyl (C=O) groups excluding carboxylic acids is 1. The molecule has 230 valence electrons. The summed E-state index contributed by atoms with van der Waals surface area (Å²) in [6.07, 6.45) is 1.95. The SMILES string of the molecule is O=C(NC1(C(=O)O)CCCCC1)c1cnc(N2CCc3cc(C4=CCCN(Cc5ccccc5)C4)ccc32)nc1C(F)(F)F. The number of rotatable bonds is 7. The van der Waals surface area contributed by atoms with E-state index < -0.39 is 34.8 Å². The van der Waals surface area contributed by atoms with E-state index in [1.54, 1.807) is 4.90 Å². The summed E-state index contributed by atoms with van der Waals surface area (Å²) in [6, 6.07) is 16.3. The number of benzene rings is 2. The lowest BCUT2D eigenvalue weighted by Gasteiger charge is -2.34. The van der Waals surface area contributed by atoms with Crippen molar-refractivity contribution in [3.05, 3.63) is 88.8 Å². The van der Waals surface area contributed by atoms with Crippen molar-refractivity contribution in [2.24, 2.45) is 0 Å². The third kappa shape index (κ3) is 6.06. The number of anilines is 2. The summed E-state index contributed by atoms with van der Waals surface area (Å²) in [6.45, 7) is 3.04. The van der Waals surface area contributed by atoms with Gasteiger partial charge in [-0.1, -0.05) is 61.7 Å². The van der Waals surface area contributed by atoms with Gasteiger partial charge in [0.15, 0.2) is 5.69 Å². The number of nitrogens with zero attached hydrogens (tertiary/aromatic N) is 4. The summed E-state index contributed by atoms with van der Waals surface area (Å²) in [7, 11) is 0. The number of halogens is 3. The second-order valence-corrected chi connectivity index (χ2v) is 11.8. The van der Waals surface area contributed by atoms with Crippen LogP contribution in [0.1, 0.15) is 71.3 Å². The van der Waals surface area contributed by atoms with Crippen molar-refractivity contribution in [3.8, 4) is 0 Å². The van der Waals surface area contributed by atoms with Gasteiger partial charge >= 0.3 is 12.1 Å². The predicted molar refractivity (Wildman–Crippen MR) is 159 cm³/mol. The molecule has 1 saturated carbocycles. The van der Waals surface area contributed by atoms with Crippen LogP contribution in [0.5, 0.6) is 0 Å². The Hall–Kier alpha value is -4.25. The van der Waals surface area contributed by atoms with Crippen LogP contribution in [0, 0.1) is 0 Å². The van der Waals surface area contributed by atoms with E-state index in [9.17, 15) is 27.9 Å². The van der Waals surface area contributed by atoms with E-state index in [1.807, 2.05) is 30.3 Å². The van der Waals surface area contributed by atoms with Crippen molar-refractivity contribution in [1.82, 2.24) is 20.2 Å². The second-order valence-electron chi connectivity index (χ2n) is 11.8. The van der Waals surface area contributed by atoms with Crippen LogP contribution in [-0.2, 0) is 23.9 Å². The molecule has 11 heteroatoms. The molecule has 0 spiro atoms. The smallest absolute Gasteiger partial charge is 0.434 e. The molecule has 0 saturated heterocycles. The molecule has 0 radical (unpaired) electrons. The molecule has 1 amide bonds. The summed E-state index contributed by atoms with van der Waals surface area (Å²) in [5, 5.41) is 12.2. The van der Waals surface area contributed by atoms with Crippen molar-refractivity contribution in [3.63, 3.8) is 0 Å². The highest BCUT2D eigenvalue weighted by atomic mass is 19.4. The van der Waals surface area contributed by atoms with E-state index >= 15 is 0 Å². The van der Waals surface area contributed by atoms with Crippen LogP contribution in [0.4, 0.5) is 24.8 Å². The molecule has 0 atom stereocenters. The van der Waals surface area contributed by atoms with Gasteiger partial charge in [0.1, 0.15) is 5.54 Å². The molecule has 2 N–H and O–H groups in total. The van der Waals surface area contributed by atoms with E-state index in [1.165, 1.54) is 11.1 Å². The van der Waals surface area contributed by atoms with Crippen LogP contribution in [0.2, 0.25) is 0 Å². The molecule has 3 aromatic rings. The number of nitrogens with one attached hydrogen (secondary N) is 1. The number of fused-ring (bicyclic) bond motifs is 1. The molecule has 1 aromatic heterocycles. The quantitative estimate of drug-likeness (QED) is 0.341. The number of carbonyl (C=O) groups is 2. The van der Waals surface area contributed by atoms with Gasteiger partial charge in [-0.25, -0.2) is 14.8 Å². The molecule has 0 bridgehead atoms. The lowest BCUT2D eigenvalue weighted by Crippen LogP contribution is -2.55. The van der Waals surface area contributed by atoms with Gasteiger partial charge in [-0.3, -0.25) is 9.69 Å². The monoisotopic (exact) mass is 605 g/mol. The minimum absolute atomic E-state index is 0.156. The van der Waals surface area contributed by atoms with Crippen molar-refractivity contribution in [1.29, 1.82) is 0 Å². The van der Waals surface area contributed by atoms with Crippen LogP contribution in [0.15, 0.2) is 60.8 Å². The molecule has 2 aromatic carbocycles. The predicted octanol–water partition coefficient (Wildman–Crippen LogP) is 6.00. The zero-order chi connectivity index (χ0) is 30.9. The lowest BCUT2D eigenvalue weighted by molar-refractivity contribution is -0.145. The Kier molecular flexibility index (Phi) is 8.15. The first-order valence-electron chi connectivity index (χ1n) is 15.0. The maximum absolute atomic E-state index is 14.2. The molecule has 8 nitrogen and oxygen atoms in total. The van der Waals surface area contributed by atoms with Crippen molar-refractivity contribution < 1.29 is 27.9 Å². The van der Waals surface area contributed by atoms with Gasteiger partial charge in [0.05, 0.1) is 5.56 Å². The Bertz CT molecular complexity index is 1590. The topological polar surface area (TPSA) is 98.7 Å². The molecule has 1 fully saturated rings. The van der Waals surface area contributed by atoms with Gasteiger partial charge in [-0.05, 0) is 60.1 Å². The molecule has 3 aliphatic rings. The minimum atomic E-state index is -4.95. The summed E-state index contributed by atoms with van der Waals surface area (Å²) in [5.74, 6) is -2.55.